The molecule has 346 valence electrons. The Morgan fingerprint density at radius 3 is 1.64 bits per heavy atom. The van der Waals surface area contributed by atoms with Gasteiger partial charge in [0, 0.05) is 47.6 Å². The van der Waals surface area contributed by atoms with Crippen LogP contribution in [-0.2, 0) is 32.9 Å². The van der Waals surface area contributed by atoms with Crippen LogP contribution in [0.4, 0.5) is 53.3 Å². The Labute approximate surface area is 384 Å². The number of ether oxygens (including phenoxy) is 2. The fourth-order valence-electron chi connectivity index (χ4n) is 6.38. The first kappa shape index (κ1) is 47.2. The lowest BCUT2D eigenvalue weighted by Gasteiger charge is -2.32. The Hall–Kier alpha value is -6.74. The van der Waals surface area contributed by atoms with Crippen molar-refractivity contribution in [1.82, 2.24) is 50.4 Å². The molecule has 3 aliphatic rings. The summed E-state index contributed by atoms with van der Waals surface area (Å²) in [5.74, 6) is 1.16. The first-order chi connectivity index (χ1) is 31.4. The van der Waals surface area contributed by atoms with Gasteiger partial charge in [0.1, 0.15) is 35.5 Å². The van der Waals surface area contributed by atoms with Gasteiger partial charge in [-0.25, -0.2) is 37.7 Å². The number of anilines is 6. The molecule has 22 nitrogen and oxygen atoms in total. The molecule has 4 aromatic heterocycles. The Morgan fingerprint density at radius 1 is 0.727 bits per heavy atom. The maximum absolute atomic E-state index is 14.7. The summed E-state index contributed by atoms with van der Waals surface area (Å²) in [4.78, 5) is 34.6. The van der Waals surface area contributed by atoms with Crippen LogP contribution in [0.1, 0.15) is 27.7 Å². The van der Waals surface area contributed by atoms with E-state index in [4.69, 9.17) is 29.0 Å². The third kappa shape index (κ3) is 10.7. The number of tetrazole rings is 2. The van der Waals surface area contributed by atoms with E-state index in [0.717, 1.165) is 4.47 Å². The number of aryl methyl sites for hydroxylation is 2. The van der Waals surface area contributed by atoms with Gasteiger partial charge in [-0.15, -0.1) is 0 Å². The minimum absolute atomic E-state index is 0.174. The summed E-state index contributed by atoms with van der Waals surface area (Å²) in [6, 6.07) is 16.0. The van der Waals surface area contributed by atoms with E-state index in [0.29, 0.717) is 46.0 Å². The molecule has 2 aromatic carbocycles. The number of amides is 2. The maximum atomic E-state index is 14.7. The molecule has 26 heteroatoms. The van der Waals surface area contributed by atoms with Gasteiger partial charge in [0.25, 0.3) is 0 Å². The number of halogens is 3. The number of nitrogens with one attached hydrogen (secondary N) is 2. The monoisotopic (exact) mass is 976 g/mol. The van der Waals surface area contributed by atoms with Crippen molar-refractivity contribution in [1.29, 1.82) is 0 Å². The maximum Gasteiger partial charge on any atom is 0.497 e. The predicted octanol–water partition coefficient (Wildman–Crippen LogP) is 4.03. The van der Waals surface area contributed by atoms with Crippen LogP contribution < -0.4 is 25.9 Å². The minimum Gasteiger partial charge on any atom is -0.441 e. The van der Waals surface area contributed by atoms with E-state index in [1.54, 1.807) is 56.7 Å². The number of hydrogen-bond donors (Lipinski definition) is 4. The lowest BCUT2D eigenvalue weighted by molar-refractivity contribution is 0.00578. The highest BCUT2D eigenvalue weighted by atomic mass is 79.9. The summed E-state index contributed by atoms with van der Waals surface area (Å²) >= 11 is 3.30. The highest BCUT2D eigenvalue weighted by molar-refractivity contribution is 9.10. The fraction of sp³-hybridized carbons (Fsp3) is 0.350. The van der Waals surface area contributed by atoms with Crippen LogP contribution >= 0.6 is 15.9 Å². The van der Waals surface area contributed by atoms with Crippen LogP contribution in [0.15, 0.2) is 77.5 Å². The molecule has 0 saturated carbocycles. The summed E-state index contributed by atoms with van der Waals surface area (Å²) in [7, 11) is 2.63. The zero-order valence-electron chi connectivity index (χ0n) is 36.3. The Balaban J connectivity index is 0.000000155. The molecule has 3 aliphatic heterocycles. The van der Waals surface area contributed by atoms with E-state index in [2.05, 4.69) is 67.6 Å². The summed E-state index contributed by atoms with van der Waals surface area (Å²) in [5.41, 5.74) is 0.809. The van der Waals surface area contributed by atoms with Crippen LogP contribution in [0.2, 0.25) is 0 Å². The van der Waals surface area contributed by atoms with Gasteiger partial charge in [-0.2, -0.15) is 0 Å². The topological polar surface area (TPSA) is 255 Å². The number of carbonyl (C=O) groups is 2. The number of cyclic esters (lactones) is 2. The van der Waals surface area contributed by atoms with Gasteiger partial charge in [-0.05, 0) is 119 Å². The molecule has 2 atom stereocenters. The van der Waals surface area contributed by atoms with Gasteiger partial charge < -0.3 is 39.6 Å². The van der Waals surface area contributed by atoms with E-state index in [1.807, 2.05) is 39.8 Å². The lowest BCUT2D eigenvalue weighted by Crippen LogP contribution is -2.41. The number of nitrogens with zero attached hydrogens (tertiary/aromatic N) is 12. The first-order valence-corrected chi connectivity index (χ1v) is 20.9. The summed E-state index contributed by atoms with van der Waals surface area (Å²) in [6.45, 7) is 7.40. The largest absolute Gasteiger partial charge is 0.497 e. The standard InChI is InChI=1S/C17H16FN7O3.C16H21BFNO5.C7H7BrN6/c1-24-16(21-22-23-24)20-15-5-2-10(7-19-15)13-4-3-11(6-14(13)18)25-8-12(9-26)28-17(25)27;1-15(2)16(3,4)24-17(23-15)12-6-5-10(7-13(12)18)19-8-11(9-20)22-14(19)21;1-14-7(11-12-13-14)10-6-3-2-5(8)4-9-6/h2-7,12,26H,8-9H2,1H3,(H,19,20,21,23);5-7,11,20H,8-9H2,1-4H3;2-4H,1H3,(H,9,10,11,13)/t12-;11-;/m11./s1. The number of pyridine rings is 2. The molecule has 2 amide bonds. The van der Waals surface area contributed by atoms with Gasteiger partial charge in [0.15, 0.2) is 0 Å². The van der Waals surface area contributed by atoms with Crippen molar-refractivity contribution in [2.45, 2.75) is 51.1 Å². The van der Waals surface area contributed by atoms with E-state index < -0.39 is 54.3 Å². The van der Waals surface area contributed by atoms with E-state index in [-0.39, 0.29) is 31.8 Å². The van der Waals surface area contributed by atoms with E-state index in [9.17, 15) is 18.4 Å². The van der Waals surface area contributed by atoms with Crippen molar-refractivity contribution in [2.75, 3.05) is 46.7 Å². The molecule has 6 aromatic rings. The summed E-state index contributed by atoms with van der Waals surface area (Å²) in [5, 5.41) is 46.1. The van der Waals surface area contributed by atoms with Gasteiger partial charge in [-0.1, -0.05) is 16.3 Å². The van der Waals surface area contributed by atoms with E-state index >= 15 is 0 Å². The Bertz CT molecular complexity index is 2650. The highest BCUT2D eigenvalue weighted by Crippen LogP contribution is 2.37. The smallest absolute Gasteiger partial charge is 0.441 e. The number of aliphatic hydroxyl groups is 2. The third-order valence-electron chi connectivity index (χ3n) is 10.7. The second-order valence-electron chi connectivity index (χ2n) is 15.9. The van der Waals surface area contributed by atoms with Crippen LogP contribution in [0, 0.1) is 11.6 Å². The second kappa shape index (κ2) is 19.8. The SMILES string of the molecule is CC1(C)OB(c2ccc(N3C[C@H](CO)OC3=O)cc2F)OC1(C)C.Cn1nnnc1Nc1ccc(-c2ccc(N3C[C@H](CO)OC3=O)cc2F)cn1.Cn1nnnc1Nc1ccc(Br)cn1. The molecular weight excluding hydrogens is 933 g/mol. The van der Waals surface area contributed by atoms with Crippen LogP contribution in [-0.4, -0.2) is 130 Å². The minimum atomic E-state index is -0.806. The van der Waals surface area contributed by atoms with Crippen molar-refractivity contribution in [2.24, 2.45) is 14.1 Å². The molecule has 4 N–H and O–H groups in total. The number of hydrogen-bond acceptors (Lipinski definition) is 18. The molecule has 3 fully saturated rings. The van der Waals surface area contributed by atoms with Gasteiger partial charge in [-0.3, -0.25) is 9.80 Å². The van der Waals surface area contributed by atoms with Crippen LogP contribution in [0.25, 0.3) is 11.1 Å². The molecule has 7 heterocycles. The van der Waals surface area contributed by atoms with Gasteiger partial charge >= 0.3 is 19.3 Å². The quantitative estimate of drug-likeness (QED) is 0.141. The van der Waals surface area contributed by atoms with Crippen molar-refractivity contribution in [3.63, 3.8) is 0 Å². The van der Waals surface area contributed by atoms with Gasteiger partial charge in [0.05, 0.1) is 48.9 Å². The van der Waals surface area contributed by atoms with Crippen molar-refractivity contribution >= 4 is 75.6 Å². The van der Waals surface area contributed by atoms with E-state index in [1.165, 1.54) is 37.5 Å². The average Bonchev–Trinajstić information content (AvgIpc) is 4.11. The zero-order chi connectivity index (χ0) is 47.3. The molecule has 0 spiro atoms. The van der Waals surface area contributed by atoms with Crippen molar-refractivity contribution in [3.05, 3.63) is 89.2 Å². The molecule has 3 saturated heterocycles. The number of rotatable bonds is 10. The molecular formula is C40H44BBrF2N14O8. The molecule has 9 rings (SSSR count). The highest BCUT2D eigenvalue weighted by Gasteiger charge is 2.52. The average molecular weight is 978 g/mol. The number of aromatic nitrogens is 10. The molecule has 0 aliphatic carbocycles. The number of benzene rings is 2. The van der Waals surface area contributed by atoms with Crippen molar-refractivity contribution in [3.8, 4) is 11.1 Å². The zero-order valence-corrected chi connectivity index (χ0v) is 37.9. The Kier molecular flexibility index (Phi) is 14.2. The molecule has 66 heavy (non-hydrogen) atoms. The number of carbonyl (C=O) groups excluding carboxylic acids is 2. The second-order valence-corrected chi connectivity index (χ2v) is 16.8. The third-order valence-corrected chi connectivity index (χ3v) is 11.2. The fourth-order valence-corrected chi connectivity index (χ4v) is 6.62. The first-order valence-electron chi connectivity index (χ1n) is 20.1. The number of aliphatic hydroxyl groups excluding tert-OH is 2. The normalized spacial score (nSPS) is 18.3. The van der Waals surface area contributed by atoms with Gasteiger partial charge in [0.2, 0.25) is 11.9 Å². The summed E-state index contributed by atoms with van der Waals surface area (Å²) < 4.78 is 54.8. The summed E-state index contributed by atoms with van der Waals surface area (Å²) in [6.07, 6.45) is 0.813. The van der Waals surface area contributed by atoms with Crippen LogP contribution in [0.3, 0.4) is 0 Å². The molecule has 0 unspecified atom stereocenters. The molecule has 0 radical (unpaired) electrons. The van der Waals surface area contributed by atoms with Crippen molar-refractivity contribution < 1.29 is 47.4 Å². The predicted molar refractivity (Wildman–Crippen MR) is 237 cm³/mol. The van der Waals surface area contributed by atoms with Crippen LogP contribution in [0.5, 0.6) is 0 Å². The lowest BCUT2D eigenvalue weighted by atomic mass is 9.78. The Morgan fingerprint density at radius 2 is 1.23 bits per heavy atom. The molecule has 0 bridgehead atoms.